The Morgan fingerprint density at radius 1 is 1.24 bits per heavy atom. The molecule has 0 radical (unpaired) electrons. The van der Waals surface area contributed by atoms with Crippen LogP contribution in [0.1, 0.15) is 42.3 Å². The lowest BCUT2D eigenvalue weighted by atomic mass is 10.1. The summed E-state index contributed by atoms with van der Waals surface area (Å²) in [6.45, 7) is 8.48. The van der Waals surface area contributed by atoms with Crippen LogP contribution < -0.4 is 5.43 Å². The lowest BCUT2D eigenvalue weighted by Crippen LogP contribution is -2.22. The van der Waals surface area contributed by atoms with E-state index in [4.69, 9.17) is 0 Å². The van der Waals surface area contributed by atoms with E-state index in [-0.39, 0.29) is 11.7 Å². The van der Waals surface area contributed by atoms with Crippen molar-refractivity contribution in [3.05, 3.63) is 59.4 Å². The average molecular weight is 340 g/mol. The van der Waals surface area contributed by atoms with Crippen molar-refractivity contribution >= 4 is 11.6 Å². The summed E-state index contributed by atoms with van der Waals surface area (Å²) in [5.41, 5.74) is 5.34. The third kappa shape index (κ3) is 5.12. The summed E-state index contributed by atoms with van der Waals surface area (Å²) in [6.07, 6.45) is 3.10. The largest absolute Gasteiger partial charge is 0.508 e. The van der Waals surface area contributed by atoms with Gasteiger partial charge in [-0.15, -0.1) is 0 Å². The minimum atomic E-state index is -0.311. The van der Waals surface area contributed by atoms with Crippen molar-refractivity contribution in [2.24, 2.45) is 5.10 Å². The fourth-order valence-corrected chi connectivity index (χ4v) is 2.39. The lowest BCUT2D eigenvalue weighted by molar-refractivity contribution is 0.0954. The van der Waals surface area contributed by atoms with Gasteiger partial charge in [0.1, 0.15) is 5.75 Å². The predicted molar refractivity (Wildman–Crippen MR) is 98.6 cm³/mol. The van der Waals surface area contributed by atoms with E-state index in [1.807, 2.05) is 13.0 Å². The number of nitrogens with one attached hydrogen (secondary N) is 1. The van der Waals surface area contributed by atoms with Crippen LogP contribution in [0.2, 0.25) is 0 Å². The first-order valence-electron chi connectivity index (χ1n) is 8.34. The third-order valence-electron chi connectivity index (χ3n) is 4.03. The predicted octanol–water partition coefficient (Wildman–Crippen LogP) is 2.78. The van der Waals surface area contributed by atoms with Gasteiger partial charge in [-0.2, -0.15) is 5.10 Å². The molecule has 0 fully saturated rings. The Hall–Kier alpha value is -2.73. The number of phenols is 1. The number of benzene rings is 1. The molecule has 1 aromatic heterocycles. The molecule has 2 rings (SSSR count). The Balaban J connectivity index is 2.13. The zero-order chi connectivity index (χ0) is 18.2. The van der Waals surface area contributed by atoms with Crippen LogP contribution in [-0.2, 0) is 6.54 Å². The fourth-order valence-electron chi connectivity index (χ4n) is 2.39. The molecule has 0 unspecified atom stereocenters. The van der Waals surface area contributed by atoms with Gasteiger partial charge in [0, 0.05) is 24.5 Å². The highest BCUT2D eigenvalue weighted by Crippen LogP contribution is 2.20. The number of carbonyl (C=O) groups excluding carboxylic acids is 1. The smallest absolute Gasteiger partial charge is 0.272 e. The number of hydrazone groups is 1. The lowest BCUT2D eigenvalue weighted by Gasteiger charge is -2.19. The van der Waals surface area contributed by atoms with Crippen molar-refractivity contribution in [3.63, 3.8) is 0 Å². The molecule has 0 aliphatic rings. The summed E-state index contributed by atoms with van der Waals surface area (Å²) < 4.78 is 0. The normalized spacial score (nSPS) is 11.6. The molecule has 6 nitrogen and oxygen atoms in total. The van der Waals surface area contributed by atoms with Crippen molar-refractivity contribution in [2.45, 2.75) is 27.3 Å². The van der Waals surface area contributed by atoms with E-state index in [2.05, 4.69) is 34.3 Å². The van der Waals surface area contributed by atoms with Crippen molar-refractivity contribution in [3.8, 4) is 5.75 Å². The van der Waals surface area contributed by atoms with Gasteiger partial charge in [-0.3, -0.25) is 14.7 Å². The Morgan fingerprint density at radius 2 is 2.00 bits per heavy atom. The zero-order valence-corrected chi connectivity index (χ0v) is 14.9. The van der Waals surface area contributed by atoms with Gasteiger partial charge < -0.3 is 5.11 Å². The molecule has 0 aliphatic carbocycles. The Kier molecular flexibility index (Phi) is 6.65. The number of phenolic OH excluding ortho intramolecular Hbond substituents is 1. The monoisotopic (exact) mass is 340 g/mol. The van der Waals surface area contributed by atoms with Gasteiger partial charge in [0.15, 0.2) is 0 Å². The number of amides is 1. The number of nitrogens with zero attached hydrogens (tertiary/aromatic N) is 3. The maximum Gasteiger partial charge on any atom is 0.272 e. The van der Waals surface area contributed by atoms with Crippen LogP contribution in [0.5, 0.6) is 5.75 Å². The summed E-state index contributed by atoms with van der Waals surface area (Å²) >= 11 is 0. The molecule has 2 N–H and O–H groups in total. The molecule has 0 spiro atoms. The topological polar surface area (TPSA) is 77.8 Å². The van der Waals surface area contributed by atoms with Crippen molar-refractivity contribution in [1.29, 1.82) is 0 Å². The molecule has 1 heterocycles. The number of hydrogen-bond acceptors (Lipinski definition) is 5. The zero-order valence-electron chi connectivity index (χ0n) is 14.9. The van der Waals surface area contributed by atoms with Crippen molar-refractivity contribution in [1.82, 2.24) is 15.3 Å². The molecule has 0 bridgehead atoms. The minimum Gasteiger partial charge on any atom is -0.508 e. The number of carbonyl (C=O) groups is 1. The summed E-state index contributed by atoms with van der Waals surface area (Å²) in [5, 5.41) is 14.2. The average Bonchev–Trinajstić information content (AvgIpc) is 2.65. The minimum absolute atomic E-state index is 0.267. The quantitative estimate of drug-likeness (QED) is 0.600. The standard InChI is InChI=1S/C19H24N4O2/c1-4-23(5-2)13-17-11-15(8-9-18(17)24)14(3)21-22-19(25)16-7-6-10-20-12-16/h6-12,24H,4-5,13H2,1-3H3,(H,22,25)/b21-14+. The molecule has 2 aromatic rings. The molecular formula is C19H24N4O2. The summed E-state index contributed by atoms with van der Waals surface area (Å²) in [5.74, 6) is -0.0440. The van der Waals surface area contributed by atoms with E-state index >= 15 is 0 Å². The molecule has 0 saturated heterocycles. The maximum atomic E-state index is 12.0. The van der Waals surface area contributed by atoms with E-state index in [1.165, 1.54) is 6.20 Å². The number of aromatic nitrogens is 1. The molecule has 25 heavy (non-hydrogen) atoms. The van der Waals surface area contributed by atoms with Crippen LogP contribution in [-0.4, -0.2) is 39.7 Å². The van der Waals surface area contributed by atoms with Crippen LogP contribution in [0.3, 0.4) is 0 Å². The van der Waals surface area contributed by atoms with Crippen LogP contribution in [0.15, 0.2) is 47.8 Å². The van der Waals surface area contributed by atoms with Crippen molar-refractivity contribution < 1.29 is 9.90 Å². The van der Waals surface area contributed by atoms with Crippen LogP contribution in [0.4, 0.5) is 0 Å². The highest BCUT2D eigenvalue weighted by molar-refractivity contribution is 6.01. The third-order valence-corrected chi connectivity index (χ3v) is 4.03. The van der Waals surface area contributed by atoms with E-state index < -0.39 is 0 Å². The first-order chi connectivity index (χ1) is 12.0. The summed E-state index contributed by atoms with van der Waals surface area (Å²) in [6, 6.07) is 8.73. The van der Waals surface area contributed by atoms with Crippen molar-refractivity contribution in [2.75, 3.05) is 13.1 Å². The highest BCUT2D eigenvalue weighted by atomic mass is 16.3. The Bertz CT molecular complexity index is 740. The summed E-state index contributed by atoms with van der Waals surface area (Å²) in [4.78, 5) is 18.2. The summed E-state index contributed by atoms with van der Waals surface area (Å²) in [7, 11) is 0. The molecule has 132 valence electrons. The van der Waals surface area contributed by atoms with Gasteiger partial charge in [0.2, 0.25) is 0 Å². The molecule has 1 aromatic carbocycles. The fraction of sp³-hybridized carbons (Fsp3) is 0.316. The van der Waals surface area contributed by atoms with Gasteiger partial charge >= 0.3 is 0 Å². The van der Waals surface area contributed by atoms with E-state index in [0.717, 1.165) is 24.2 Å². The second kappa shape index (κ2) is 8.94. The van der Waals surface area contributed by atoms with E-state index in [0.29, 0.717) is 17.8 Å². The van der Waals surface area contributed by atoms with Gasteiger partial charge in [0.25, 0.3) is 5.91 Å². The second-order valence-corrected chi connectivity index (χ2v) is 5.68. The molecule has 0 atom stereocenters. The van der Waals surface area contributed by atoms with E-state index in [9.17, 15) is 9.90 Å². The molecule has 6 heteroatoms. The van der Waals surface area contributed by atoms with Crippen LogP contribution in [0.25, 0.3) is 0 Å². The highest BCUT2D eigenvalue weighted by Gasteiger charge is 2.09. The molecule has 0 aliphatic heterocycles. The number of hydrogen-bond donors (Lipinski definition) is 2. The Morgan fingerprint density at radius 3 is 2.64 bits per heavy atom. The van der Waals surface area contributed by atoms with Gasteiger partial charge in [-0.1, -0.05) is 13.8 Å². The van der Waals surface area contributed by atoms with Gasteiger partial charge in [0.05, 0.1) is 11.3 Å². The van der Waals surface area contributed by atoms with Crippen LogP contribution >= 0.6 is 0 Å². The molecule has 1 amide bonds. The van der Waals surface area contributed by atoms with Gasteiger partial charge in [-0.25, -0.2) is 5.43 Å². The Labute approximate surface area is 148 Å². The van der Waals surface area contributed by atoms with Crippen LogP contribution in [0, 0.1) is 0 Å². The maximum absolute atomic E-state index is 12.0. The number of rotatable bonds is 7. The first kappa shape index (κ1) is 18.6. The molecule has 0 saturated carbocycles. The molecular weight excluding hydrogens is 316 g/mol. The first-order valence-corrected chi connectivity index (χ1v) is 8.34. The SMILES string of the molecule is CCN(CC)Cc1cc(/C(C)=N/NC(=O)c2cccnc2)ccc1O. The van der Waals surface area contributed by atoms with Gasteiger partial charge in [-0.05, 0) is 55.9 Å². The van der Waals surface area contributed by atoms with E-state index in [1.54, 1.807) is 30.5 Å². The second-order valence-electron chi connectivity index (χ2n) is 5.68. The number of aromatic hydroxyl groups is 1. The number of pyridine rings is 1.